The van der Waals surface area contributed by atoms with Crippen molar-refractivity contribution >= 4 is 11.7 Å². The lowest BCUT2D eigenvalue weighted by molar-refractivity contribution is -0.129. The van der Waals surface area contributed by atoms with Crippen LogP contribution in [0.4, 0.5) is 0 Å². The average molecular weight is 173 g/mol. The SMILES string of the molecule is CCCO/N=C(/CCC)C(=O)O. The molecule has 0 aromatic heterocycles. The summed E-state index contributed by atoms with van der Waals surface area (Å²) in [5.41, 5.74) is 0.103. The number of nitrogens with zero attached hydrogens (tertiary/aromatic N) is 1. The van der Waals surface area contributed by atoms with Gasteiger partial charge in [0.25, 0.3) is 0 Å². The monoisotopic (exact) mass is 173 g/mol. The zero-order valence-corrected chi connectivity index (χ0v) is 7.54. The molecule has 4 nitrogen and oxygen atoms in total. The number of rotatable bonds is 6. The van der Waals surface area contributed by atoms with Gasteiger partial charge in [-0.15, -0.1) is 0 Å². The molecule has 70 valence electrons. The van der Waals surface area contributed by atoms with Crippen LogP contribution in [0, 0.1) is 0 Å². The van der Waals surface area contributed by atoms with E-state index in [0.717, 1.165) is 12.8 Å². The van der Waals surface area contributed by atoms with E-state index in [0.29, 0.717) is 13.0 Å². The van der Waals surface area contributed by atoms with Crippen LogP contribution in [0.1, 0.15) is 33.1 Å². The molecule has 0 amide bonds. The first-order valence-electron chi connectivity index (χ1n) is 4.14. The number of carbonyl (C=O) groups is 1. The standard InChI is InChI=1S/C8H15NO3/c1-3-5-7(8(10)11)9-12-6-4-2/h3-6H2,1-2H3,(H,10,11)/b9-7-. The second-order valence-electron chi connectivity index (χ2n) is 2.43. The Morgan fingerprint density at radius 2 is 2.08 bits per heavy atom. The Bertz CT molecular complexity index is 166. The summed E-state index contributed by atoms with van der Waals surface area (Å²) in [6, 6.07) is 0. The molecule has 0 atom stereocenters. The lowest BCUT2D eigenvalue weighted by Crippen LogP contribution is -2.13. The van der Waals surface area contributed by atoms with Gasteiger partial charge >= 0.3 is 5.97 Å². The van der Waals surface area contributed by atoms with Crippen molar-refractivity contribution < 1.29 is 14.7 Å². The summed E-state index contributed by atoms with van der Waals surface area (Å²) < 4.78 is 0. The van der Waals surface area contributed by atoms with E-state index in [-0.39, 0.29) is 5.71 Å². The van der Waals surface area contributed by atoms with E-state index in [1.54, 1.807) is 0 Å². The molecule has 0 heterocycles. The van der Waals surface area contributed by atoms with Gasteiger partial charge in [-0.1, -0.05) is 25.4 Å². The molecule has 0 fully saturated rings. The molecule has 0 aliphatic rings. The molecule has 0 aliphatic carbocycles. The highest BCUT2D eigenvalue weighted by molar-refractivity contribution is 6.35. The summed E-state index contributed by atoms with van der Waals surface area (Å²) in [4.78, 5) is 15.2. The van der Waals surface area contributed by atoms with Gasteiger partial charge in [0.05, 0.1) is 0 Å². The van der Waals surface area contributed by atoms with Crippen LogP contribution in [-0.4, -0.2) is 23.4 Å². The highest BCUT2D eigenvalue weighted by Gasteiger charge is 2.07. The van der Waals surface area contributed by atoms with Crippen molar-refractivity contribution in [1.29, 1.82) is 0 Å². The summed E-state index contributed by atoms with van der Waals surface area (Å²) >= 11 is 0. The van der Waals surface area contributed by atoms with Crippen molar-refractivity contribution in [3.63, 3.8) is 0 Å². The van der Waals surface area contributed by atoms with E-state index < -0.39 is 5.97 Å². The number of hydrogen-bond donors (Lipinski definition) is 1. The summed E-state index contributed by atoms with van der Waals surface area (Å²) in [6.45, 7) is 4.31. The predicted octanol–water partition coefficient (Wildman–Crippen LogP) is 1.65. The number of carboxylic acids is 1. The number of hydrogen-bond acceptors (Lipinski definition) is 3. The summed E-state index contributed by atoms with van der Waals surface area (Å²) in [6.07, 6.45) is 2.06. The maximum atomic E-state index is 10.5. The van der Waals surface area contributed by atoms with Gasteiger partial charge in [0, 0.05) is 6.42 Å². The topological polar surface area (TPSA) is 58.9 Å². The van der Waals surface area contributed by atoms with Crippen molar-refractivity contribution in [3.8, 4) is 0 Å². The van der Waals surface area contributed by atoms with Crippen LogP contribution in [0.5, 0.6) is 0 Å². The fourth-order valence-electron chi connectivity index (χ4n) is 0.643. The lowest BCUT2D eigenvalue weighted by atomic mass is 10.2. The van der Waals surface area contributed by atoms with Gasteiger partial charge in [-0.2, -0.15) is 0 Å². The van der Waals surface area contributed by atoms with E-state index in [1.807, 2.05) is 13.8 Å². The van der Waals surface area contributed by atoms with Crippen LogP contribution >= 0.6 is 0 Å². The van der Waals surface area contributed by atoms with E-state index in [1.165, 1.54) is 0 Å². The van der Waals surface area contributed by atoms with Gasteiger partial charge in [0.15, 0.2) is 5.71 Å². The van der Waals surface area contributed by atoms with Crippen molar-refractivity contribution in [2.75, 3.05) is 6.61 Å². The lowest BCUT2D eigenvalue weighted by Gasteiger charge is -1.99. The maximum Gasteiger partial charge on any atom is 0.353 e. The highest BCUT2D eigenvalue weighted by Crippen LogP contribution is 1.94. The Balaban J connectivity index is 3.90. The Hall–Kier alpha value is -1.06. The van der Waals surface area contributed by atoms with E-state index in [9.17, 15) is 4.79 Å². The Morgan fingerprint density at radius 3 is 2.50 bits per heavy atom. The van der Waals surface area contributed by atoms with Crippen LogP contribution in [0.25, 0.3) is 0 Å². The quantitative estimate of drug-likeness (QED) is 0.377. The molecule has 0 spiro atoms. The summed E-state index contributed by atoms with van der Waals surface area (Å²) in [7, 11) is 0. The summed E-state index contributed by atoms with van der Waals surface area (Å²) in [5.74, 6) is -0.993. The van der Waals surface area contributed by atoms with Gasteiger partial charge in [0.2, 0.25) is 0 Å². The molecular formula is C8H15NO3. The summed E-state index contributed by atoms with van der Waals surface area (Å²) in [5, 5.41) is 12.1. The molecule has 0 unspecified atom stereocenters. The minimum atomic E-state index is -0.993. The molecule has 0 aromatic carbocycles. The predicted molar refractivity (Wildman–Crippen MR) is 46.2 cm³/mol. The molecule has 0 saturated carbocycles. The van der Waals surface area contributed by atoms with Gasteiger partial charge in [-0.25, -0.2) is 4.79 Å². The second kappa shape index (κ2) is 6.64. The van der Waals surface area contributed by atoms with Crippen molar-refractivity contribution in [2.45, 2.75) is 33.1 Å². The number of oxime groups is 1. The maximum absolute atomic E-state index is 10.5. The second-order valence-corrected chi connectivity index (χ2v) is 2.43. The number of carboxylic acid groups (broad SMARTS) is 1. The fourth-order valence-corrected chi connectivity index (χ4v) is 0.643. The van der Waals surface area contributed by atoms with Crippen molar-refractivity contribution in [1.82, 2.24) is 0 Å². The normalized spacial score (nSPS) is 11.3. The minimum Gasteiger partial charge on any atom is -0.477 e. The molecule has 0 radical (unpaired) electrons. The Labute approximate surface area is 72.2 Å². The van der Waals surface area contributed by atoms with Crippen LogP contribution < -0.4 is 0 Å². The van der Waals surface area contributed by atoms with Crippen LogP contribution in [-0.2, 0) is 9.63 Å². The largest absolute Gasteiger partial charge is 0.477 e. The third kappa shape index (κ3) is 4.71. The highest BCUT2D eigenvalue weighted by atomic mass is 16.6. The minimum absolute atomic E-state index is 0.103. The fraction of sp³-hybridized carbons (Fsp3) is 0.750. The Kier molecular flexibility index (Phi) is 6.05. The molecule has 1 N–H and O–H groups in total. The molecule has 0 rings (SSSR count). The van der Waals surface area contributed by atoms with Gasteiger partial charge < -0.3 is 9.94 Å². The van der Waals surface area contributed by atoms with Crippen molar-refractivity contribution in [2.24, 2.45) is 5.16 Å². The molecule has 0 saturated heterocycles. The molecule has 4 heteroatoms. The first-order chi connectivity index (χ1) is 5.72. The van der Waals surface area contributed by atoms with Crippen LogP contribution in [0.2, 0.25) is 0 Å². The third-order valence-corrected chi connectivity index (χ3v) is 1.20. The zero-order valence-electron chi connectivity index (χ0n) is 7.54. The van der Waals surface area contributed by atoms with Gasteiger partial charge in [0.1, 0.15) is 6.61 Å². The van der Waals surface area contributed by atoms with E-state index in [4.69, 9.17) is 9.94 Å². The van der Waals surface area contributed by atoms with E-state index >= 15 is 0 Å². The molecule has 0 bridgehead atoms. The Morgan fingerprint density at radius 1 is 1.42 bits per heavy atom. The molecule has 0 aliphatic heterocycles. The van der Waals surface area contributed by atoms with Gasteiger partial charge in [-0.3, -0.25) is 0 Å². The zero-order chi connectivity index (χ0) is 9.40. The third-order valence-electron chi connectivity index (χ3n) is 1.20. The first-order valence-corrected chi connectivity index (χ1v) is 4.14. The van der Waals surface area contributed by atoms with Gasteiger partial charge in [-0.05, 0) is 6.42 Å². The van der Waals surface area contributed by atoms with Crippen LogP contribution in [0.3, 0.4) is 0 Å². The molecule has 12 heavy (non-hydrogen) atoms. The first kappa shape index (κ1) is 10.9. The average Bonchev–Trinajstić information content (AvgIpc) is 2.03. The van der Waals surface area contributed by atoms with Crippen LogP contribution in [0.15, 0.2) is 5.16 Å². The van der Waals surface area contributed by atoms with Crippen molar-refractivity contribution in [3.05, 3.63) is 0 Å². The van der Waals surface area contributed by atoms with E-state index in [2.05, 4.69) is 5.16 Å². The smallest absolute Gasteiger partial charge is 0.353 e. The molecular weight excluding hydrogens is 158 g/mol. The number of aliphatic carboxylic acids is 1. The molecule has 0 aromatic rings.